The van der Waals surface area contributed by atoms with Crippen molar-refractivity contribution in [1.82, 2.24) is 10.2 Å². The van der Waals surface area contributed by atoms with Gasteiger partial charge in [-0.15, -0.1) is 6.42 Å². The molecule has 1 heterocycles. The molecule has 0 saturated heterocycles. The van der Waals surface area contributed by atoms with Crippen molar-refractivity contribution >= 4 is 12.2 Å². The van der Waals surface area contributed by atoms with E-state index in [2.05, 4.69) is 11.2 Å². The molecule has 27 heavy (non-hydrogen) atoms. The van der Waals surface area contributed by atoms with Crippen LogP contribution < -0.4 is 5.32 Å². The van der Waals surface area contributed by atoms with E-state index in [0.29, 0.717) is 19.4 Å². The van der Waals surface area contributed by atoms with Gasteiger partial charge in [0, 0.05) is 25.4 Å². The second-order valence-electron chi connectivity index (χ2n) is 8.03. The lowest BCUT2D eigenvalue weighted by atomic mass is 9.89. The van der Waals surface area contributed by atoms with Gasteiger partial charge in [-0.25, -0.2) is 9.59 Å². The molecule has 6 heteroatoms. The molecule has 1 aromatic carbocycles. The highest BCUT2D eigenvalue weighted by Gasteiger charge is 2.37. The standard InChI is InChI=1S/C21H26N2O4/c1-5-18-17-9-7-6-8-14(17)10-11-23(18)20(25)26-16-12-15(13-16)22-19(24)27-21(2,3)4/h1,6-9,15-16,18H,10-13H2,2-4H3,(H,22,24)/t15?,16?,18-/m0/s1. The fourth-order valence-corrected chi connectivity index (χ4v) is 3.41. The van der Waals surface area contributed by atoms with Gasteiger partial charge in [0.2, 0.25) is 0 Å². The Morgan fingerprint density at radius 1 is 1.26 bits per heavy atom. The molecule has 144 valence electrons. The average Bonchev–Trinajstić information content (AvgIpc) is 2.57. The lowest BCUT2D eigenvalue weighted by Crippen LogP contribution is -2.51. The molecule has 0 unspecified atom stereocenters. The van der Waals surface area contributed by atoms with E-state index in [1.54, 1.807) is 4.90 Å². The van der Waals surface area contributed by atoms with Gasteiger partial charge in [-0.05, 0) is 38.3 Å². The van der Waals surface area contributed by atoms with Crippen LogP contribution in [0.4, 0.5) is 9.59 Å². The Morgan fingerprint density at radius 2 is 1.96 bits per heavy atom. The Kier molecular flexibility index (Phi) is 5.31. The fraction of sp³-hybridized carbons (Fsp3) is 0.524. The summed E-state index contributed by atoms with van der Waals surface area (Å²) in [5.41, 5.74) is 1.63. The molecule has 1 aliphatic heterocycles. The van der Waals surface area contributed by atoms with Crippen molar-refractivity contribution in [2.24, 2.45) is 0 Å². The minimum Gasteiger partial charge on any atom is -0.446 e. The third-order valence-electron chi connectivity index (χ3n) is 4.76. The van der Waals surface area contributed by atoms with Gasteiger partial charge in [-0.2, -0.15) is 0 Å². The Bertz CT molecular complexity index is 756. The summed E-state index contributed by atoms with van der Waals surface area (Å²) in [6.07, 6.45) is 6.55. The van der Waals surface area contributed by atoms with Crippen molar-refractivity contribution in [2.75, 3.05) is 6.54 Å². The average molecular weight is 370 g/mol. The molecule has 6 nitrogen and oxygen atoms in total. The van der Waals surface area contributed by atoms with E-state index in [1.165, 1.54) is 5.56 Å². The summed E-state index contributed by atoms with van der Waals surface area (Å²) in [5.74, 6) is 2.71. The summed E-state index contributed by atoms with van der Waals surface area (Å²) >= 11 is 0. The molecule has 1 aliphatic carbocycles. The number of nitrogens with one attached hydrogen (secondary N) is 1. The van der Waals surface area contributed by atoms with Crippen LogP contribution in [0.1, 0.15) is 50.8 Å². The highest BCUT2D eigenvalue weighted by molar-refractivity contribution is 5.70. The largest absolute Gasteiger partial charge is 0.446 e. The minimum absolute atomic E-state index is 0.0387. The zero-order chi connectivity index (χ0) is 19.6. The van der Waals surface area contributed by atoms with Crippen LogP contribution in [0.2, 0.25) is 0 Å². The lowest BCUT2D eigenvalue weighted by Gasteiger charge is -2.39. The van der Waals surface area contributed by atoms with Crippen LogP contribution in [-0.4, -0.2) is 41.4 Å². The van der Waals surface area contributed by atoms with E-state index < -0.39 is 23.8 Å². The van der Waals surface area contributed by atoms with E-state index in [-0.39, 0.29) is 12.1 Å². The van der Waals surface area contributed by atoms with E-state index in [0.717, 1.165) is 12.0 Å². The molecule has 0 aromatic heterocycles. The first-order valence-corrected chi connectivity index (χ1v) is 9.27. The maximum absolute atomic E-state index is 12.6. The summed E-state index contributed by atoms with van der Waals surface area (Å²) in [4.78, 5) is 26.0. The van der Waals surface area contributed by atoms with Crippen LogP contribution in [0.3, 0.4) is 0 Å². The Morgan fingerprint density at radius 3 is 2.63 bits per heavy atom. The summed E-state index contributed by atoms with van der Waals surface area (Å²) in [7, 11) is 0. The van der Waals surface area contributed by atoms with Crippen LogP contribution >= 0.6 is 0 Å². The zero-order valence-corrected chi connectivity index (χ0v) is 16.0. The number of amides is 2. The fourth-order valence-electron chi connectivity index (χ4n) is 3.41. The van der Waals surface area contributed by atoms with Crippen molar-refractivity contribution in [1.29, 1.82) is 0 Å². The van der Waals surface area contributed by atoms with Crippen LogP contribution in [0.15, 0.2) is 24.3 Å². The van der Waals surface area contributed by atoms with Crippen LogP contribution in [0, 0.1) is 12.3 Å². The maximum Gasteiger partial charge on any atom is 0.411 e. The molecule has 0 radical (unpaired) electrons. The number of alkyl carbamates (subject to hydrolysis) is 1. The van der Waals surface area contributed by atoms with Crippen molar-refractivity contribution in [3.8, 4) is 12.3 Å². The van der Waals surface area contributed by atoms with Gasteiger partial charge in [0.25, 0.3) is 0 Å². The van der Waals surface area contributed by atoms with Gasteiger partial charge in [0.1, 0.15) is 17.7 Å². The number of ether oxygens (including phenoxy) is 2. The predicted octanol–water partition coefficient (Wildman–Crippen LogP) is 3.41. The summed E-state index contributed by atoms with van der Waals surface area (Å²) in [5, 5.41) is 2.79. The van der Waals surface area contributed by atoms with Crippen LogP contribution in [0.5, 0.6) is 0 Å². The highest BCUT2D eigenvalue weighted by atomic mass is 16.6. The normalized spacial score (nSPS) is 24.1. The summed E-state index contributed by atoms with van der Waals surface area (Å²) in [6.45, 7) is 5.99. The van der Waals surface area contributed by atoms with Crippen molar-refractivity contribution in [2.45, 2.75) is 63.8 Å². The molecule has 2 aliphatic rings. The third kappa shape index (κ3) is 4.54. The summed E-state index contributed by atoms with van der Waals surface area (Å²) < 4.78 is 10.8. The molecule has 1 saturated carbocycles. The Balaban J connectivity index is 1.50. The second-order valence-corrected chi connectivity index (χ2v) is 8.03. The topological polar surface area (TPSA) is 67.9 Å². The lowest BCUT2D eigenvalue weighted by molar-refractivity contribution is 0.000962. The molecule has 2 amide bonds. The van der Waals surface area contributed by atoms with Gasteiger partial charge < -0.3 is 14.8 Å². The molecule has 0 spiro atoms. The number of carbonyl (C=O) groups is 2. The zero-order valence-electron chi connectivity index (χ0n) is 16.0. The molecule has 3 rings (SSSR count). The smallest absolute Gasteiger partial charge is 0.411 e. The number of terminal acetylenes is 1. The first kappa shape index (κ1) is 19.1. The van der Waals surface area contributed by atoms with Gasteiger partial charge in [0.15, 0.2) is 0 Å². The maximum atomic E-state index is 12.6. The molecular formula is C21H26N2O4. The Hall–Kier alpha value is -2.68. The van der Waals surface area contributed by atoms with Crippen molar-refractivity contribution in [3.63, 3.8) is 0 Å². The Labute approximate surface area is 160 Å². The number of nitrogens with zero attached hydrogens (tertiary/aromatic N) is 1. The van der Waals surface area contributed by atoms with E-state index in [9.17, 15) is 9.59 Å². The number of rotatable bonds is 2. The van der Waals surface area contributed by atoms with Gasteiger partial charge >= 0.3 is 12.2 Å². The quantitative estimate of drug-likeness (QED) is 0.810. The number of fused-ring (bicyclic) bond motifs is 1. The molecule has 1 atom stereocenters. The number of carbonyl (C=O) groups excluding carboxylic acids is 2. The molecule has 1 aromatic rings. The number of hydrogen-bond donors (Lipinski definition) is 1. The monoisotopic (exact) mass is 370 g/mol. The number of benzene rings is 1. The highest BCUT2D eigenvalue weighted by Crippen LogP contribution is 2.31. The second kappa shape index (κ2) is 7.51. The van der Waals surface area contributed by atoms with E-state index >= 15 is 0 Å². The van der Waals surface area contributed by atoms with Crippen LogP contribution in [-0.2, 0) is 15.9 Å². The molecule has 0 bridgehead atoms. The SMILES string of the molecule is C#C[C@H]1c2ccccc2CCN1C(=O)OC1CC(NC(=O)OC(C)(C)C)C1. The van der Waals surface area contributed by atoms with E-state index in [4.69, 9.17) is 15.9 Å². The molecule has 1 N–H and O–H groups in total. The molecule has 1 fully saturated rings. The van der Waals surface area contributed by atoms with Crippen LogP contribution in [0.25, 0.3) is 0 Å². The molecular weight excluding hydrogens is 344 g/mol. The van der Waals surface area contributed by atoms with Gasteiger partial charge in [0.05, 0.1) is 0 Å². The first-order chi connectivity index (χ1) is 12.8. The van der Waals surface area contributed by atoms with Crippen molar-refractivity contribution < 1.29 is 19.1 Å². The predicted molar refractivity (Wildman–Crippen MR) is 101 cm³/mol. The summed E-state index contributed by atoms with van der Waals surface area (Å²) in [6, 6.07) is 7.47. The third-order valence-corrected chi connectivity index (χ3v) is 4.76. The van der Waals surface area contributed by atoms with Gasteiger partial charge in [-0.3, -0.25) is 4.90 Å². The van der Waals surface area contributed by atoms with Gasteiger partial charge in [-0.1, -0.05) is 30.2 Å². The minimum atomic E-state index is -0.533. The first-order valence-electron chi connectivity index (χ1n) is 9.27. The number of hydrogen-bond acceptors (Lipinski definition) is 4. The van der Waals surface area contributed by atoms with E-state index in [1.807, 2.05) is 45.0 Å². The van der Waals surface area contributed by atoms with Crippen molar-refractivity contribution in [3.05, 3.63) is 35.4 Å².